The number of likely N-dealkylation sites (tertiary alicyclic amines) is 1. The first kappa shape index (κ1) is 22.2. The Balaban J connectivity index is 1.63. The summed E-state index contributed by atoms with van der Waals surface area (Å²) < 4.78 is 47.5. The molecule has 172 valence electrons. The Morgan fingerprint density at radius 2 is 2.00 bits per heavy atom. The number of anilines is 1. The molecule has 1 saturated heterocycles. The summed E-state index contributed by atoms with van der Waals surface area (Å²) in [6.45, 7) is 2.57. The van der Waals surface area contributed by atoms with Gasteiger partial charge in [-0.3, -0.25) is 9.59 Å². The molecular weight excluding hydrogens is 425 g/mol. The van der Waals surface area contributed by atoms with Gasteiger partial charge in [0.25, 0.3) is 5.91 Å². The number of fused-ring (bicyclic) bond motifs is 1. The molecule has 0 aliphatic carbocycles. The molecule has 32 heavy (non-hydrogen) atoms. The summed E-state index contributed by atoms with van der Waals surface area (Å²) in [5, 5.41) is 7.03. The highest BCUT2D eigenvalue weighted by atomic mass is 19.4. The Labute approximate surface area is 183 Å². The number of hydrogen-bond donors (Lipinski definition) is 1. The van der Waals surface area contributed by atoms with Gasteiger partial charge in [-0.25, -0.2) is 4.68 Å². The minimum atomic E-state index is -4.52. The summed E-state index contributed by atoms with van der Waals surface area (Å²) in [5.74, 6) is -1.19. The van der Waals surface area contributed by atoms with Crippen LogP contribution in [0.2, 0.25) is 0 Å². The third-order valence-corrected chi connectivity index (χ3v) is 6.00. The molecule has 2 aliphatic heterocycles. The van der Waals surface area contributed by atoms with Gasteiger partial charge in [-0.1, -0.05) is 30.3 Å². The van der Waals surface area contributed by atoms with E-state index >= 15 is 0 Å². The molecule has 0 spiro atoms. The van der Waals surface area contributed by atoms with E-state index < -0.39 is 30.1 Å². The highest BCUT2D eigenvalue weighted by Gasteiger charge is 2.47. The maximum Gasteiger partial charge on any atom is 0.410 e. The van der Waals surface area contributed by atoms with Gasteiger partial charge >= 0.3 is 12.1 Å². The molecule has 1 fully saturated rings. The van der Waals surface area contributed by atoms with Crippen molar-refractivity contribution in [3.8, 4) is 0 Å². The van der Waals surface area contributed by atoms with Crippen molar-refractivity contribution in [1.82, 2.24) is 14.7 Å². The first-order valence-corrected chi connectivity index (χ1v) is 10.7. The zero-order valence-corrected chi connectivity index (χ0v) is 17.6. The van der Waals surface area contributed by atoms with Crippen LogP contribution < -0.4 is 5.32 Å². The quantitative estimate of drug-likeness (QED) is 0.714. The van der Waals surface area contributed by atoms with Crippen LogP contribution in [0.5, 0.6) is 0 Å². The Morgan fingerprint density at radius 3 is 2.69 bits per heavy atom. The summed E-state index contributed by atoms with van der Waals surface area (Å²) in [5.41, 5.74) is 0.775. The van der Waals surface area contributed by atoms with Crippen molar-refractivity contribution < 1.29 is 27.5 Å². The average Bonchev–Trinajstić information content (AvgIpc) is 3.22. The Kier molecular flexibility index (Phi) is 6.12. The summed E-state index contributed by atoms with van der Waals surface area (Å²) in [6.07, 6.45) is -2.34. The number of nitrogens with zero attached hydrogens (tertiary/aromatic N) is 3. The molecule has 3 atom stereocenters. The van der Waals surface area contributed by atoms with Crippen LogP contribution in [-0.2, 0) is 9.53 Å². The van der Waals surface area contributed by atoms with Crippen molar-refractivity contribution in [2.45, 2.75) is 44.4 Å². The fourth-order valence-electron chi connectivity index (χ4n) is 4.41. The van der Waals surface area contributed by atoms with Crippen molar-refractivity contribution in [3.63, 3.8) is 0 Å². The second kappa shape index (κ2) is 8.84. The molecule has 4 rings (SSSR count). The number of hydrogen-bond acceptors (Lipinski definition) is 5. The van der Waals surface area contributed by atoms with Crippen LogP contribution in [0.1, 0.15) is 54.2 Å². The van der Waals surface area contributed by atoms with Crippen LogP contribution in [0.4, 0.5) is 19.0 Å². The number of aromatic nitrogens is 2. The molecular formula is C22H25F3N4O3. The minimum absolute atomic E-state index is 0.0516. The van der Waals surface area contributed by atoms with Gasteiger partial charge < -0.3 is 15.0 Å². The molecule has 1 amide bonds. The van der Waals surface area contributed by atoms with E-state index in [1.54, 1.807) is 37.3 Å². The van der Waals surface area contributed by atoms with Crippen LogP contribution in [0, 0.1) is 5.92 Å². The summed E-state index contributed by atoms with van der Waals surface area (Å²) >= 11 is 0. The third kappa shape index (κ3) is 4.31. The van der Waals surface area contributed by atoms with Crippen LogP contribution >= 0.6 is 0 Å². The smallest absolute Gasteiger partial charge is 0.410 e. The number of carbonyl (C=O) groups excluding carboxylic acids is 2. The normalized spacial score (nSPS) is 23.2. The molecule has 0 unspecified atom stereocenters. The first-order chi connectivity index (χ1) is 15.3. The highest BCUT2D eigenvalue weighted by Crippen LogP contribution is 2.44. The minimum Gasteiger partial charge on any atom is -0.466 e. The number of piperidine rings is 1. The molecule has 0 bridgehead atoms. The number of esters is 1. The number of rotatable bonds is 4. The van der Waals surface area contributed by atoms with Gasteiger partial charge in [0.2, 0.25) is 0 Å². The van der Waals surface area contributed by atoms with Gasteiger partial charge in [0.05, 0.1) is 24.8 Å². The van der Waals surface area contributed by atoms with Gasteiger partial charge in [0, 0.05) is 19.5 Å². The summed E-state index contributed by atoms with van der Waals surface area (Å²) in [7, 11) is 0. The molecule has 2 aliphatic rings. The van der Waals surface area contributed by atoms with Crippen molar-refractivity contribution in [1.29, 1.82) is 0 Å². The van der Waals surface area contributed by atoms with Crippen molar-refractivity contribution in [2.75, 3.05) is 25.0 Å². The zero-order chi connectivity index (χ0) is 22.9. The highest BCUT2D eigenvalue weighted by molar-refractivity contribution is 5.99. The second-order valence-electron chi connectivity index (χ2n) is 8.09. The van der Waals surface area contributed by atoms with E-state index in [9.17, 15) is 22.8 Å². The van der Waals surface area contributed by atoms with E-state index in [0.717, 1.165) is 4.68 Å². The fraction of sp³-hybridized carbons (Fsp3) is 0.500. The monoisotopic (exact) mass is 450 g/mol. The number of benzene rings is 1. The molecule has 0 saturated carbocycles. The van der Waals surface area contributed by atoms with Crippen molar-refractivity contribution >= 4 is 17.7 Å². The summed E-state index contributed by atoms with van der Waals surface area (Å²) in [4.78, 5) is 26.9. The number of alkyl halides is 3. The lowest BCUT2D eigenvalue weighted by Crippen LogP contribution is -2.43. The lowest BCUT2D eigenvalue weighted by molar-refractivity contribution is -0.173. The van der Waals surface area contributed by atoms with Gasteiger partial charge in [0.15, 0.2) is 6.04 Å². The van der Waals surface area contributed by atoms with E-state index in [-0.39, 0.29) is 36.9 Å². The van der Waals surface area contributed by atoms with Crippen LogP contribution in [0.15, 0.2) is 36.5 Å². The van der Waals surface area contributed by atoms with Crippen LogP contribution in [-0.4, -0.2) is 52.4 Å². The Hall–Kier alpha value is -3.04. The van der Waals surface area contributed by atoms with Crippen LogP contribution in [0.3, 0.4) is 0 Å². The number of amides is 1. The van der Waals surface area contributed by atoms with Gasteiger partial charge in [-0.2, -0.15) is 18.3 Å². The predicted molar refractivity (Wildman–Crippen MR) is 110 cm³/mol. The van der Waals surface area contributed by atoms with E-state index in [4.69, 9.17) is 4.74 Å². The third-order valence-electron chi connectivity index (χ3n) is 6.00. The summed E-state index contributed by atoms with van der Waals surface area (Å²) in [6, 6.07) is 6.37. The second-order valence-corrected chi connectivity index (χ2v) is 8.09. The molecule has 10 heteroatoms. The zero-order valence-electron chi connectivity index (χ0n) is 17.6. The number of ether oxygens (including phenoxy) is 1. The van der Waals surface area contributed by atoms with Gasteiger partial charge in [-0.05, 0) is 25.3 Å². The Bertz CT molecular complexity index is 977. The average molecular weight is 450 g/mol. The lowest BCUT2D eigenvalue weighted by atomic mass is 9.96. The maximum absolute atomic E-state index is 13.9. The largest absolute Gasteiger partial charge is 0.466 e. The van der Waals surface area contributed by atoms with E-state index in [1.807, 2.05) is 0 Å². The first-order valence-electron chi connectivity index (χ1n) is 10.7. The van der Waals surface area contributed by atoms with E-state index in [1.165, 1.54) is 11.1 Å². The van der Waals surface area contributed by atoms with Crippen molar-refractivity contribution in [3.05, 3.63) is 47.7 Å². The molecule has 3 heterocycles. The number of nitrogens with one attached hydrogen (secondary N) is 1. The predicted octanol–water partition coefficient (Wildman–Crippen LogP) is 3.96. The fourth-order valence-corrected chi connectivity index (χ4v) is 4.41. The molecule has 0 radical (unpaired) electrons. The molecule has 1 aromatic heterocycles. The molecule has 1 aromatic carbocycles. The molecule has 1 N–H and O–H groups in total. The number of carbonyl (C=O) groups is 2. The Morgan fingerprint density at radius 1 is 1.25 bits per heavy atom. The van der Waals surface area contributed by atoms with Gasteiger partial charge in [-0.15, -0.1) is 0 Å². The van der Waals surface area contributed by atoms with Crippen molar-refractivity contribution in [2.24, 2.45) is 5.92 Å². The SMILES string of the molecule is CCOC(=O)[C@H]1CCCN(C(=O)c2cnn3c2N[C@H](c2ccccc2)C[C@@H]3C(F)(F)F)C1. The van der Waals surface area contributed by atoms with E-state index in [0.29, 0.717) is 24.9 Å². The topological polar surface area (TPSA) is 76.5 Å². The molecule has 7 nitrogen and oxygen atoms in total. The van der Waals surface area contributed by atoms with E-state index in [2.05, 4.69) is 10.4 Å². The lowest BCUT2D eigenvalue weighted by Gasteiger charge is -2.35. The molecule has 2 aromatic rings. The number of halogens is 3. The van der Waals surface area contributed by atoms with Crippen LogP contribution in [0.25, 0.3) is 0 Å². The van der Waals surface area contributed by atoms with Gasteiger partial charge in [0.1, 0.15) is 11.4 Å². The maximum atomic E-state index is 13.9. The standard InChI is InChI=1S/C22H25F3N4O3/c1-2-32-21(31)15-9-6-10-28(13-15)20(30)16-12-26-29-18(22(23,24)25)11-17(27-19(16)29)14-7-4-3-5-8-14/h3-5,7-8,12,15,17-18,27H,2,6,9-11,13H2,1H3/t15-,17-,18+/m0/s1.